The van der Waals surface area contributed by atoms with Crippen LogP contribution in [-0.2, 0) is 28.8 Å². The van der Waals surface area contributed by atoms with Crippen LogP contribution in [0.1, 0.15) is 19.8 Å². The number of amides is 3. The number of Topliss-reactive ketones (excluding diaryl/α,β-unsaturated/α-hetero) is 1. The first-order valence-corrected chi connectivity index (χ1v) is 7.52. The lowest BCUT2D eigenvalue weighted by Crippen LogP contribution is -2.52. The average molecular weight is 373 g/mol. The standard InChI is InChI=1S/C14H19N3O9/c1-5(15)12(23)16-7(3-10(20)21)11(22)6-2-9(19)17(13(6)24)8(4-18)14(25)26/h5-8,18H,2-4,15H2,1H3,(H,16,23)(H,20,21)(H,25,26)/t5-,6+,7-,8-/m0/s1. The summed E-state index contributed by atoms with van der Waals surface area (Å²) in [6.07, 6.45) is -1.54. The number of carbonyl (C=O) groups is 6. The second kappa shape index (κ2) is 8.49. The molecule has 3 amide bonds. The van der Waals surface area contributed by atoms with Crippen molar-refractivity contribution in [1.82, 2.24) is 10.2 Å². The number of carboxylic acids is 2. The molecule has 0 spiro atoms. The highest BCUT2D eigenvalue weighted by atomic mass is 16.4. The van der Waals surface area contributed by atoms with Crippen LogP contribution < -0.4 is 11.1 Å². The number of aliphatic carboxylic acids is 2. The molecule has 1 aliphatic heterocycles. The highest BCUT2D eigenvalue weighted by Crippen LogP contribution is 2.24. The van der Waals surface area contributed by atoms with Crippen molar-refractivity contribution in [3.63, 3.8) is 0 Å². The van der Waals surface area contributed by atoms with Crippen LogP contribution in [0.25, 0.3) is 0 Å². The zero-order valence-electron chi connectivity index (χ0n) is 13.7. The van der Waals surface area contributed by atoms with Gasteiger partial charge in [-0.1, -0.05) is 0 Å². The second-order valence-electron chi connectivity index (χ2n) is 5.75. The molecule has 0 saturated carbocycles. The number of nitrogens with one attached hydrogen (secondary N) is 1. The molecule has 1 fully saturated rings. The predicted molar refractivity (Wildman–Crippen MR) is 81.3 cm³/mol. The third-order valence-corrected chi connectivity index (χ3v) is 3.75. The summed E-state index contributed by atoms with van der Waals surface area (Å²) in [5, 5.41) is 29.0. The fourth-order valence-electron chi connectivity index (χ4n) is 2.41. The number of hydrogen-bond acceptors (Lipinski definition) is 8. The van der Waals surface area contributed by atoms with Gasteiger partial charge in [-0.25, -0.2) is 4.79 Å². The van der Waals surface area contributed by atoms with Gasteiger partial charge in [0.05, 0.1) is 25.1 Å². The number of aliphatic hydroxyl groups excluding tert-OH is 1. The van der Waals surface area contributed by atoms with Crippen LogP contribution in [0.2, 0.25) is 0 Å². The lowest BCUT2D eigenvalue weighted by molar-refractivity contribution is -0.157. The predicted octanol–water partition coefficient (Wildman–Crippen LogP) is -3.32. The molecule has 1 aliphatic rings. The second-order valence-corrected chi connectivity index (χ2v) is 5.75. The van der Waals surface area contributed by atoms with Gasteiger partial charge in [-0.2, -0.15) is 0 Å². The van der Waals surface area contributed by atoms with Gasteiger partial charge in [-0.3, -0.25) is 28.9 Å². The number of aliphatic hydroxyl groups is 1. The summed E-state index contributed by atoms with van der Waals surface area (Å²) < 4.78 is 0. The van der Waals surface area contributed by atoms with E-state index in [1.807, 2.05) is 0 Å². The molecular formula is C14H19N3O9. The van der Waals surface area contributed by atoms with Crippen molar-refractivity contribution in [3.8, 4) is 0 Å². The Morgan fingerprint density at radius 2 is 1.85 bits per heavy atom. The van der Waals surface area contributed by atoms with Crippen molar-refractivity contribution >= 4 is 35.4 Å². The fraction of sp³-hybridized carbons (Fsp3) is 0.571. The van der Waals surface area contributed by atoms with Crippen LogP contribution in [0.4, 0.5) is 0 Å². The number of nitrogens with zero attached hydrogens (tertiary/aromatic N) is 1. The normalized spacial score (nSPS) is 20.4. The van der Waals surface area contributed by atoms with E-state index in [2.05, 4.69) is 5.32 Å². The van der Waals surface area contributed by atoms with Crippen LogP contribution in [0, 0.1) is 5.92 Å². The van der Waals surface area contributed by atoms with E-state index in [0.717, 1.165) is 0 Å². The molecule has 144 valence electrons. The summed E-state index contributed by atoms with van der Waals surface area (Å²) in [5.41, 5.74) is 5.34. The number of carbonyl (C=O) groups excluding carboxylic acids is 4. The highest BCUT2D eigenvalue weighted by Gasteiger charge is 2.49. The number of rotatable bonds is 9. The quantitative estimate of drug-likeness (QED) is 0.201. The molecule has 0 aliphatic carbocycles. The molecule has 0 bridgehead atoms. The lowest BCUT2D eigenvalue weighted by Gasteiger charge is -2.22. The van der Waals surface area contributed by atoms with Crippen LogP contribution in [0.3, 0.4) is 0 Å². The Hall–Kier alpha value is -2.86. The highest BCUT2D eigenvalue weighted by molar-refractivity contribution is 6.17. The van der Waals surface area contributed by atoms with E-state index in [0.29, 0.717) is 0 Å². The van der Waals surface area contributed by atoms with Crippen molar-refractivity contribution < 1.29 is 44.1 Å². The first-order valence-electron chi connectivity index (χ1n) is 7.52. The number of carboxylic acid groups (broad SMARTS) is 2. The molecule has 0 radical (unpaired) electrons. The van der Waals surface area contributed by atoms with E-state index in [9.17, 15) is 28.8 Å². The van der Waals surface area contributed by atoms with E-state index in [1.54, 1.807) is 0 Å². The first-order chi connectivity index (χ1) is 12.0. The summed E-state index contributed by atoms with van der Waals surface area (Å²) in [5.74, 6) is -8.81. The zero-order valence-corrected chi connectivity index (χ0v) is 13.7. The molecular weight excluding hydrogens is 354 g/mol. The van der Waals surface area contributed by atoms with Crippen molar-refractivity contribution in [2.75, 3.05) is 6.61 Å². The van der Waals surface area contributed by atoms with Gasteiger partial charge in [0, 0.05) is 6.42 Å². The van der Waals surface area contributed by atoms with Crippen LogP contribution in [0.5, 0.6) is 0 Å². The maximum Gasteiger partial charge on any atom is 0.329 e. The Kier molecular flexibility index (Phi) is 6.92. The summed E-state index contributed by atoms with van der Waals surface area (Å²) in [4.78, 5) is 70.6. The molecule has 6 N–H and O–H groups in total. The van der Waals surface area contributed by atoms with Gasteiger partial charge in [0.25, 0.3) is 0 Å². The summed E-state index contributed by atoms with van der Waals surface area (Å²) in [7, 11) is 0. The van der Waals surface area contributed by atoms with Crippen LogP contribution in [0.15, 0.2) is 0 Å². The van der Waals surface area contributed by atoms with E-state index in [1.165, 1.54) is 6.92 Å². The lowest BCUT2D eigenvalue weighted by atomic mass is 9.94. The van der Waals surface area contributed by atoms with Crippen LogP contribution >= 0.6 is 0 Å². The number of ketones is 1. The third kappa shape index (κ3) is 4.61. The van der Waals surface area contributed by atoms with Gasteiger partial charge in [0.15, 0.2) is 11.8 Å². The van der Waals surface area contributed by atoms with Gasteiger partial charge in [-0.15, -0.1) is 0 Å². The third-order valence-electron chi connectivity index (χ3n) is 3.75. The van der Waals surface area contributed by atoms with Gasteiger partial charge < -0.3 is 26.4 Å². The van der Waals surface area contributed by atoms with Gasteiger partial charge in [0.1, 0.15) is 5.92 Å². The molecule has 0 aromatic carbocycles. The van der Waals surface area contributed by atoms with E-state index in [-0.39, 0.29) is 4.90 Å². The summed E-state index contributed by atoms with van der Waals surface area (Å²) >= 11 is 0. The molecule has 0 aromatic rings. The Labute approximate surface area is 146 Å². The molecule has 26 heavy (non-hydrogen) atoms. The van der Waals surface area contributed by atoms with E-state index < -0.39 is 78.9 Å². The van der Waals surface area contributed by atoms with Gasteiger partial charge in [0.2, 0.25) is 17.7 Å². The fourth-order valence-corrected chi connectivity index (χ4v) is 2.41. The Morgan fingerprint density at radius 3 is 2.27 bits per heavy atom. The number of likely N-dealkylation sites (tertiary alicyclic amines) is 1. The van der Waals surface area contributed by atoms with Crippen molar-refractivity contribution in [3.05, 3.63) is 0 Å². The minimum absolute atomic E-state index is 0.260. The molecule has 1 rings (SSSR count). The number of imide groups is 1. The first kappa shape index (κ1) is 21.2. The maximum atomic E-state index is 12.5. The van der Waals surface area contributed by atoms with Gasteiger partial charge >= 0.3 is 11.9 Å². The smallest absolute Gasteiger partial charge is 0.329 e. The molecule has 12 nitrogen and oxygen atoms in total. The SMILES string of the molecule is C[C@H](N)C(=O)N[C@@H](CC(=O)O)C(=O)[C@H]1CC(=O)N([C@@H](CO)C(=O)O)C1=O. The molecule has 0 aromatic heterocycles. The number of hydrogen-bond donors (Lipinski definition) is 5. The minimum Gasteiger partial charge on any atom is -0.481 e. The van der Waals surface area contributed by atoms with Crippen molar-refractivity contribution in [2.45, 2.75) is 37.9 Å². The van der Waals surface area contributed by atoms with Crippen LogP contribution in [-0.4, -0.2) is 80.4 Å². The average Bonchev–Trinajstić information content (AvgIpc) is 2.81. The summed E-state index contributed by atoms with van der Waals surface area (Å²) in [6, 6.07) is -4.53. The topological polar surface area (TPSA) is 204 Å². The molecule has 1 heterocycles. The maximum absolute atomic E-state index is 12.5. The Bertz CT molecular complexity index is 646. The molecule has 0 unspecified atom stereocenters. The monoisotopic (exact) mass is 373 g/mol. The minimum atomic E-state index is -1.86. The Morgan fingerprint density at radius 1 is 1.27 bits per heavy atom. The zero-order chi connectivity index (χ0) is 20.2. The summed E-state index contributed by atoms with van der Waals surface area (Å²) in [6.45, 7) is 0.246. The van der Waals surface area contributed by atoms with E-state index in [4.69, 9.17) is 21.1 Å². The van der Waals surface area contributed by atoms with Crippen molar-refractivity contribution in [2.24, 2.45) is 11.7 Å². The Balaban J connectivity index is 3.06. The van der Waals surface area contributed by atoms with E-state index >= 15 is 0 Å². The van der Waals surface area contributed by atoms with Crippen molar-refractivity contribution in [1.29, 1.82) is 0 Å². The molecule has 4 atom stereocenters. The van der Waals surface area contributed by atoms with Gasteiger partial charge in [-0.05, 0) is 6.92 Å². The molecule has 12 heteroatoms. The largest absolute Gasteiger partial charge is 0.481 e. The molecule has 1 saturated heterocycles. The number of nitrogens with two attached hydrogens (primary N) is 1.